The van der Waals surface area contributed by atoms with E-state index in [0.29, 0.717) is 12.5 Å². The zero-order valence-electron chi connectivity index (χ0n) is 10.4. The summed E-state index contributed by atoms with van der Waals surface area (Å²) in [6, 6.07) is 0.488. The van der Waals surface area contributed by atoms with Crippen molar-refractivity contribution in [2.45, 2.75) is 64.1 Å². The monoisotopic (exact) mass is 228 g/mol. The van der Waals surface area contributed by atoms with Crippen LogP contribution in [-0.2, 0) is 9.53 Å². The molecule has 1 heterocycles. The quantitative estimate of drug-likeness (QED) is 0.743. The molecule has 1 amide bonds. The van der Waals surface area contributed by atoms with Gasteiger partial charge in [-0.25, -0.2) is 0 Å². The second kappa shape index (κ2) is 6.86. The van der Waals surface area contributed by atoms with E-state index in [1.54, 1.807) is 0 Å². The van der Waals surface area contributed by atoms with Gasteiger partial charge in [0.1, 0.15) is 0 Å². The van der Waals surface area contributed by atoms with Gasteiger partial charge < -0.3 is 15.8 Å². The van der Waals surface area contributed by atoms with Crippen molar-refractivity contribution in [3.63, 3.8) is 0 Å². The van der Waals surface area contributed by atoms with Crippen LogP contribution in [0.3, 0.4) is 0 Å². The number of carbonyl (C=O) groups is 1. The molecule has 0 radical (unpaired) electrons. The lowest BCUT2D eigenvalue weighted by molar-refractivity contribution is -0.122. The SMILES string of the molecule is CC(N)CCCC(=O)NC1CCOC(C)C1. The van der Waals surface area contributed by atoms with Gasteiger partial charge in [-0.15, -0.1) is 0 Å². The summed E-state index contributed by atoms with van der Waals surface area (Å²) in [5.74, 6) is 0.153. The maximum Gasteiger partial charge on any atom is 0.220 e. The molecule has 1 rings (SSSR count). The first-order valence-corrected chi connectivity index (χ1v) is 6.24. The average Bonchev–Trinajstić information content (AvgIpc) is 2.16. The molecular weight excluding hydrogens is 204 g/mol. The number of hydrogen-bond donors (Lipinski definition) is 2. The molecule has 94 valence electrons. The van der Waals surface area contributed by atoms with Gasteiger partial charge in [-0.05, 0) is 39.5 Å². The molecule has 0 aliphatic carbocycles. The largest absolute Gasteiger partial charge is 0.378 e. The second-order valence-corrected chi connectivity index (χ2v) is 4.84. The molecule has 1 aliphatic heterocycles. The summed E-state index contributed by atoms with van der Waals surface area (Å²) in [5.41, 5.74) is 5.63. The van der Waals surface area contributed by atoms with Gasteiger partial charge in [-0.2, -0.15) is 0 Å². The second-order valence-electron chi connectivity index (χ2n) is 4.84. The van der Waals surface area contributed by atoms with Crippen molar-refractivity contribution in [2.75, 3.05) is 6.61 Å². The lowest BCUT2D eigenvalue weighted by Crippen LogP contribution is -2.41. The van der Waals surface area contributed by atoms with E-state index in [-0.39, 0.29) is 18.1 Å². The van der Waals surface area contributed by atoms with Crippen LogP contribution in [0.5, 0.6) is 0 Å². The first kappa shape index (κ1) is 13.5. The van der Waals surface area contributed by atoms with Crippen molar-refractivity contribution < 1.29 is 9.53 Å². The first-order valence-electron chi connectivity index (χ1n) is 6.24. The Morgan fingerprint density at radius 2 is 2.38 bits per heavy atom. The van der Waals surface area contributed by atoms with E-state index in [9.17, 15) is 4.79 Å². The predicted molar refractivity (Wildman–Crippen MR) is 64.1 cm³/mol. The maximum absolute atomic E-state index is 11.6. The molecule has 0 aromatic carbocycles. The molecule has 4 nitrogen and oxygen atoms in total. The van der Waals surface area contributed by atoms with Gasteiger partial charge in [-0.3, -0.25) is 4.79 Å². The summed E-state index contributed by atoms with van der Waals surface area (Å²) in [7, 11) is 0. The highest BCUT2D eigenvalue weighted by Crippen LogP contribution is 2.13. The fourth-order valence-electron chi connectivity index (χ4n) is 2.01. The van der Waals surface area contributed by atoms with Crippen LogP contribution >= 0.6 is 0 Å². The number of carbonyl (C=O) groups excluding carboxylic acids is 1. The Bertz CT molecular complexity index is 219. The molecule has 1 aliphatic rings. The molecule has 0 saturated carbocycles. The van der Waals surface area contributed by atoms with Crippen LogP contribution in [0.4, 0.5) is 0 Å². The summed E-state index contributed by atoms with van der Waals surface area (Å²) in [6.45, 7) is 4.78. The van der Waals surface area contributed by atoms with E-state index in [0.717, 1.165) is 32.3 Å². The van der Waals surface area contributed by atoms with Crippen LogP contribution in [0, 0.1) is 0 Å². The Kier molecular flexibility index (Phi) is 5.77. The van der Waals surface area contributed by atoms with Crippen molar-refractivity contribution in [1.82, 2.24) is 5.32 Å². The van der Waals surface area contributed by atoms with E-state index in [2.05, 4.69) is 12.2 Å². The summed E-state index contributed by atoms with van der Waals surface area (Å²) in [4.78, 5) is 11.6. The van der Waals surface area contributed by atoms with E-state index in [4.69, 9.17) is 10.5 Å². The summed E-state index contributed by atoms with van der Waals surface area (Å²) >= 11 is 0. The Labute approximate surface area is 97.9 Å². The van der Waals surface area contributed by atoms with Crippen molar-refractivity contribution in [3.8, 4) is 0 Å². The molecule has 0 aromatic heterocycles. The average molecular weight is 228 g/mol. The molecule has 4 heteroatoms. The molecule has 3 unspecified atom stereocenters. The highest BCUT2D eigenvalue weighted by Gasteiger charge is 2.20. The lowest BCUT2D eigenvalue weighted by atomic mass is 10.0. The van der Waals surface area contributed by atoms with E-state index in [1.807, 2.05) is 6.92 Å². The highest BCUT2D eigenvalue weighted by molar-refractivity contribution is 5.76. The number of nitrogens with two attached hydrogens (primary N) is 1. The van der Waals surface area contributed by atoms with Gasteiger partial charge in [0.2, 0.25) is 5.91 Å². The topological polar surface area (TPSA) is 64.4 Å². The number of hydrogen-bond acceptors (Lipinski definition) is 3. The molecule has 16 heavy (non-hydrogen) atoms. The highest BCUT2D eigenvalue weighted by atomic mass is 16.5. The van der Waals surface area contributed by atoms with Gasteiger partial charge >= 0.3 is 0 Å². The first-order chi connectivity index (χ1) is 7.58. The minimum Gasteiger partial charge on any atom is -0.378 e. The molecule has 3 N–H and O–H groups in total. The van der Waals surface area contributed by atoms with Crippen LogP contribution in [0.25, 0.3) is 0 Å². The normalized spacial score (nSPS) is 27.4. The summed E-state index contributed by atoms with van der Waals surface area (Å²) in [5, 5.41) is 3.06. The van der Waals surface area contributed by atoms with Crippen LogP contribution in [0.2, 0.25) is 0 Å². The predicted octanol–water partition coefficient (Wildman–Crippen LogP) is 1.19. The van der Waals surface area contributed by atoms with Gasteiger partial charge in [0.15, 0.2) is 0 Å². The van der Waals surface area contributed by atoms with Crippen LogP contribution < -0.4 is 11.1 Å². The molecule has 1 fully saturated rings. The van der Waals surface area contributed by atoms with Crippen LogP contribution in [0.1, 0.15) is 46.0 Å². The summed E-state index contributed by atoms with van der Waals surface area (Å²) in [6.07, 6.45) is 4.51. The Morgan fingerprint density at radius 1 is 1.62 bits per heavy atom. The molecule has 3 atom stereocenters. The molecular formula is C12H24N2O2. The standard InChI is InChI=1S/C12H24N2O2/c1-9(13)4-3-5-12(15)14-11-6-7-16-10(2)8-11/h9-11H,3-8,13H2,1-2H3,(H,14,15). The molecule has 0 aromatic rings. The third kappa shape index (κ3) is 5.47. The van der Waals surface area contributed by atoms with Crippen LogP contribution in [-0.4, -0.2) is 30.7 Å². The number of nitrogens with one attached hydrogen (secondary N) is 1. The van der Waals surface area contributed by atoms with Crippen molar-refractivity contribution in [2.24, 2.45) is 5.73 Å². The van der Waals surface area contributed by atoms with Crippen molar-refractivity contribution >= 4 is 5.91 Å². The summed E-state index contributed by atoms with van der Waals surface area (Å²) < 4.78 is 5.43. The van der Waals surface area contributed by atoms with E-state index in [1.165, 1.54) is 0 Å². The fourth-order valence-corrected chi connectivity index (χ4v) is 2.01. The molecule has 1 saturated heterocycles. The minimum absolute atomic E-state index is 0.153. The van der Waals surface area contributed by atoms with Gasteiger partial charge in [0.05, 0.1) is 6.10 Å². The third-order valence-corrected chi connectivity index (χ3v) is 2.91. The zero-order chi connectivity index (χ0) is 12.0. The maximum atomic E-state index is 11.6. The van der Waals surface area contributed by atoms with Crippen molar-refractivity contribution in [1.29, 1.82) is 0 Å². The minimum atomic E-state index is 0.153. The van der Waals surface area contributed by atoms with E-state index < -0.39 is 0 Å². The molecule has 0 spiro atoms. The van der Waals surface area contributed by atoms with Crippen LogP contribution in [0.15, 0.2) is 0 Å². The number of amides is 1. The van der Waals surface area contributed by atoms with Crippen molar-refractivity contribution in [3.05, 3.63) is 0 Å². The Morgan fingerprint density at radius 3 is 3.00 bits per heavy atom. The van der Waals surface area contributed by atoms with E-state index >= 15 is 0 Å². The zero-order valence-corrected chi connectivity index (χ0v) is 10.4. The van der Waals surface area contributed by atoms with Gasteiger partial charge in [0, 0.05) is 25.1 Å². The smallest absolute Gasteiger partial charge is 0.220 e. The number of ether oxygens (including phenoxy) is 1. The number of rotatable bonds is 5. The third-order valence-electron chi connectivity index (χ3n) is 2.91. The fraction of sp³-hybridized carbons (Fsp3) is 0.917. The van der Waals surface area contributed by atoms with Gasteiger partial charge in [0.25, 0.3) is 0 Å². The lowest BCUT2D eigenvalue weighted by Gasteiger charge is -2.27. The molecule has 0 bridgehead atoms. The van der Waals surface area contributed by atoms with Gasteiger partial charge in [-0.1, -0.05) is 0 Å². The Hall–Kier alpha value is -0.610. The Balaban J connectivity index is 2.13.